The predicted molar refractivity (Wildman–Crippen MR) is 63.9 cm³/mol. The Bertz CT molecular complexity index is 557. The molecule has 0 fully saturated rings. The lowest BCUT2D eigenvalue weighted by Gasteiger charge is -2.24. The van der Waals surface area contributed by atoms with Gasteiger partial charge in [0.1, 0.15) is 6.04 Å². The van der Waals surface area contributed by atoms with E-state index in [2.05, 4.69) is 4.98 Å². The molecular weight excluding hydrogens is 232 g/mol. The summed E-state index contributed by atoms with van der Waals surface area (Å²) in [5.41, 5.74) is 1.06. The summed E-state index contributed by atoms with van der Waals surface area (Å²) < 4.78 is 12.2. The van der Waals surface area contributed by atoms with E-state index in [1.807, 2.05) is 22.9 Å². The lowest BCUT2D eigenvalue weighted by atomic mass is 10.0. The Morgan fingerprint density at radius 1 is 1.61 bits per heavy atom. The summed E-state index contributed by atoms with van der Waals surface area (Å²) in [7, 11) is 1.42. The third-order valence-electron chi connectivity index (χ3n) is 3.31. The molecule has 5 heteroatoms. The number of imidazole rings is 1. The molecule has 3 rings (SSSR count). The minimum absolute atomic E-state index is 0.221. The van der Waals surface area contributed by atoms with Crippen LogP contribution in [0.15, 0.2) is 29.0 Å². The first-order chi connectivity index (χ1) is 8.81. The van der Waals surface area contributed by atoms with Gasteiger partial charge >= 0.3 is 5.97 Å². The maximum atomic E-state index is 11.8. The predicted octanol–water partition coefficient (Wildman–Crippen LogP) is 2.19. The molecular formula is C13H14N2O3. The van der Waals surface area contributed by atoms with Crippen molar-refractivity contribution in [3.63, 3.8) is 0 Å². The van der Waals surface area contributed by atoms with Crippen molar-refractivity contribution in [1.29, 1.82) is 0 Å². The molecule has 5 nitrogen and oxygen atoms in total. The number of hydrogen-bond donors (Lipinski definition) is 0. The van der Waals surface area contributed by atoms with Crippen LogP contribution in [-0.4, -0.2) is 22.6 Å². The quantitative estimate of drug-likeness (QED) is 0.762. The van der Waals surface area contributed by atoms with Gasteiger partial charge in [0.2, 0.25) is 0 Å². The van der Waals surface area contributed by atoms with Crippen LogP contribution < -0.4 is 0 Å². The Kier molecular flexibility index (Phi) is 2.66. The Morgan fingerprint density at radius 2 is 2.50 bits per heavy atom. The van der Waals surface area contributed by atoms with Crippen molar-refractivity contribution in [2.75, 3.05) is 7.11 Å². The first-order valence-corrected chi connectivity index (χ1v) is 5.99. The zero-order chi connectivity index (χ0) is 12.5. The summed E-state index contributed by atoms with van der Waals surface area (Å²) >= 11 is 0. The molecule has 0 amide bonds. The SMILES string of the molecule is COC(=O)C1CCCc2cnc(-c3ccco3)n21. The fraction of sp³-hybridized carbons (Fsp3) is 0.385. The Labute approximate surface area is 104 Å². The molecule has 0 bridgehead atoms. The highest BCUT2D eigenvalue weighted by Crippen LogP contribution is 2.32. The van der Waals surface area contributed by atoms with Gasteiger partial charge in [-0.25, -0.2) is 9.78 Å². The first kappa shape index (κ1) is 11.1. The summed E-state index contributed by atoms with van der Waals surface area (Å²) in [6, 6.07) is 3.37. The van der Waals surface area contributed by atoms with Crippen molar-refractivity contribution in [2.24, 2.45) is 0 Å². The molecule has 3 heterocycles. The summed E-state index contributed by atoms with van der Waals surface area (Å²) in [6.45, 7) is 0. The van der Waals surface area contributed by atoms with Gasteiger partial charge in [-0.15, -0.1) is 0 Å². The second-order valence-corrected chi connectivity index (χ2v) is 4.35. The van der Waals surface area contributed by atoms with E-state index in [0.717, 1.165) is 25.0 Å². The third kappa shape index (κ3) is 1.63. The Balaban J connectivity index is 2.09. The first-order valence-electron chi connectivity index (χ1n) is 5.99. The number of ether oxygens (including phenoxy) is 1. The number of fused-ring (bicyclic) bond motifs is 1. The van der Waals surface area contributed by atoms with Gasteiger partial charge in [0.25, 0.3) is 0 Å². The maximum absolute atomic E-state index is 11.8. The molecule has 1 aliphatic rings. The molecule has 2 aromatic rings. The molecule has 1 unspecified atom stereocenters. The monoisotopic (exact) mass is 246 g/mol. The second kappa shape index (κ2) is 4.33. The van der Waals surface area contributed by atoms with Crippen LogP contribution in [0.1, 0.15) is 24.6 Å². The van der Waals surface area contributed by atoms with Crippen LogP contribution in [0, 0.1) is 0 Å². The maximum Gasteiger partial charge on any atom is 0.328 e. The fourth-order valence-electron chi connectivity index (χ4n) is 2.48. The van der Waals surface area contributed by atoms with E-state index in [1.165, 1.54) is 7.11 Å². The highest BCUT2D eigenvalue weighted by molar-refractivity contribution is 5.75. The highest BCUT2D eigenvalue weighted by atomic mass is 16.5. The van der Waals surface area contributed by atoms with Gasteiger partial charge in [-0.2, -0.15) is 0 Å². The molecule has 0 spiro atoms. The summed E-state index contributed by atoms with van der Waals surface area (Å²) in [4.78, 5) is 16.2. The number of aryl methyl sites for hydroxylation is 1. The van der Waals surface area contributed by atoms with Crippen LogP contribution in [0.25, 0.3) is 11.6 Å². The second-order valence-electron chi connectivity index (χ2n) is 4.35. The van der Waals surface area contributed by atoms with Crippen molar-refractivity contribution in [3.8, 4) is 11.6 Å². The van der Waals surface area contributed by atoms with Crippen LogP contribution >= 0.6 is 0 Å². The van der Waals surface area contributed by atoms with Gasteiger partial charge in [-0.05, 0) is 31.4 Å². The van der Waals surface area contributed by atoms with Gasteiger partial charge in [0, 0.05) is 11.9 Å². The normalized spacial score (nSPS) is 18.4. The number of nitrogens with zero attached hydrogens (tertiary/aromatic N) is 2. The summed E-state index contributed by atoms with van der Waals surface area (Å²) in [5, 5.41) is 0. The number of aromatic nitrogens is 2. The number of methoxy groups -OCH3 is 1. The van der Waals surface area contributed by atoms with Crippen LogP contribution in [0.2, 0.25) is 0 Å². The Hall–Kier alpha value is -2.04. The van der Waals surface area contributed by atoms with Crippen molar-refractivity contribution in [2.45, 2.75) is 25.3 Å². The van der Waals surface area contributed by atoms with Crippen LogP contribution in [0.4, 0.5) is 0 Å². The molecule has 0 aromatic carbocycles. The largest absolute Gasteiger partial charge is 0.467 e. The Morgan fingerprint density at radius 3 is 3.22 bits per heavy atom. The van der Waals surface area contributed by atoms with Gasteiger partial charge in [-0.3, -0.25) is 0 Å². The number of esters is 1. The van der Waals surface area contributed by atoms with E-state index in [4.69, 9.17) is 9.15 Å². The van der Waals surface area contributed by atoms with E-state index >= 15 is 0 Å². The average Bonchev–Trinajstić information content (AvgIpc) is 3.05. The number of rotatable bonds is 2. The molecule has 2 aromatic heterocycles. The van der Waals surface area contributed by atoms with Crippen molar-refractivity contribution in [3.05, 3.63) is 30.3 Å². The number of carbonyl (C=O) groups is 1. The molecule has 1 atom stereocenters. The third-order valence-corrected chi connectivity index (χ3v) is 3.31. The number of furan rings is 1. The fourth-order valence-corrected chi connectivity index (χ4v) is 2.48. The van der Waals surface area contributed by atoms with Gasteiger partial charge in [0.15, 0.2) is 11.6 Å². The van der Waals surface area contributed by atoms with Crippen molar-refractivity contribution >= 4 is 5.97 Å². The van der Waals surface area contributed by atoms with E-state index in [1.54, 1.807) is 6.26 Å². The van der Waals surface area contributed by atoms with E-state index < -0.39 is 0 Å². The molecule has 1 aliphatic heterocycles. The van der Waals surface area contributed by atoms with Gasteiger partial charge in [-0.1, -0.05) is 0 Å². The van der Waals surface area contributed by atoms with Gasteiger partial charge in [0.05, 0.1) is 13.4 Å². The molecule has 0 saturated heterocycles. The standard InChI is InChI=1S/C13H14N2O3/c1-17-13(16)10-5-2-4-9-8-14-12(15(9)10)11-6-3-7-18-11/h3,6-8,10H,2,4-5H2,1H3. The average molecular weight is 246 g/mol. The minimum atomic E-state index is -0.290. The van der Waals surface area contributed by atoms with Crippen LogP contribution in [-0.2, 0) is 16.0 Å². The lowest BCUT2D eigenvalue weighted by molar-refractivity contribution is -0.145. The lowest BCUT2D eigenvalue weighted by Crippen LogP contribution is -2.26. The summed E-state index contributed by atoms with van der Waals surface area (Å²) in [6.07, 6.45) is 6.11. The molecule has 94 valence electrons. The zero-order valence-corrected chi connectivity index (χ0v) is 10.1. The minimum Gasteiger partial charge on any atom is -0.467 e. The molecule has 0 N–H and O–H groups in total. The van der Waals surface area contributed by atoms with Gasteiger partial charge < -0.3 is 13.7 Å². The zero-order valence-electron chi connectivity index (χ0n) is 10.1. The highest BCUT2D eigenvalue weighted by Gasteiger charge is 2.30. The topological polar surface area (TPSA) is 57.3 Å². The molecule has 0 saturated carbocycles. The number of carbonyl (C=O) groups excluding carboxylic acids is 1. The molecule has 0 aliphatic carbocycles. The van der Waals surface area contributed by atoms with Crippen LogP contribution in [0.5, 0.6) is 0 Å². The van der Waals surface area contributed by atoms with Crippen LogP contribution in [0.3, 0.4) is 0 Å². The van der Waals surface area contributed by atoms with E-state index in [-0.39, 0.29) is 12.0 Å². The summed E-state index contributed by atoms with van der Waals surface area (Å²) in [5.74, 6) is 1.16. The number of hydrogen-bond acceptors (Lipinski definition) is 4. The van der Waals surface area contributed by atoms with Crippen molar-refractivity contribution in [1.82, 2.24) is 9.55 Å². The van der Waals surface area contributed by atoms with E-state index in [0.29, 0.717) is 11.6 Å². The smallest absolute Gasteiger partial charge is 0.328 e. The molecule has 18 heavy (non-hydrogen) atoms. The molecule has 0 radical (unpaired) electrons. The van der Waals surface area contributed by atoms with E-state index in [9.17, 15) is 4.79 Å². The van der Waals surface area contributed by atoms with Crippen molar-refractivity contribution < 1.29 is 13.9 Å².